The summed E-state index contributed by atoms with van der Waals surface area (Å²) in [5, 5.41) is 19.7. The highest BCUT2D eigenvalue weighted by Crippen LogP contribution is 2.23. The second-order valence-corrected chi connectivity index (χ2v) is 5.14. The van der Waals surface area contributed by atoms with E-state index in [0.717, 1.165) is 16.6 Å². The number of hydrogen-bond donors (Lipinski definition) is 2. The topological polar surface area (TPSA) is 73.8 Å². The molecule has 5 nitrogen and oxygen atoms in total. The summed E-state index contributed by atoms with van der Waals surface area (Å²) in [6, 6.07) is 16.2. The first-order chi connectivity index (χ1) is 11.1. The number of phenols is 1. The SMILES string of the molecule is C[n+]1c(C=Nc2ccc(C(=O)O)c(O)c2)ccc2ccccc21. The lowest BCUT2D eigenvalue weighted by Crippen LogP contribution is -2.34. The first-order valence-corrected chi connectivity index (χ1v) is 7.04. The summed E-state index contributed by atoms with van der Waals surface area (Å²) in [5.74, 6) is -1.46. The third-order valence-corrected chi connectivity index (χ3v) is 3.68. The number of carboxylic acid groups (broad SMARTS) is 1. The maximum absolute atomic E-state index is 10.9. The van der Waals surface area contributed by atoms with Crippen molar-refractivity contribution in [1.82, 2.24) is 0 Å². The van der Waals surface area contributed by atoms with Gasteiger partial charge in [-0.15, -0.1) is 0 Å². The number of aromatic nitrogens is 1. The average molecular weight is 307 g/mol. The van der Waals surface area contributed by atoms with Crippen LogP contribution in [0.15, 0.2) is 59.6 Å². The fourth-order valence-corrected chi connectivity index (χ4v) is 2.41. The van der Waals surface area contributed by atoms with Gasteiger partial charge in [0.25, 0.3) is 0 Å². The number of aromatic hydroxyl groups is 1. The van der Waals surface area contributed by atoms with Gasteiger partial charge in [-0.05, 0) is 24.3 Å². The van der Waals surface area contributed by atoms with Gasteiger partial charge in [-0.2, -0.15) is 4.57 Å². The van der Waals surface area contributed by atoms with Crippen LogP contribution in [0.1, 0.15) is 16.1 Å². The third kappa shape index (κ3) is 2.89. The number of aryl methyl sites for hydroxylation is 1. The molecule has 0 unspecified atom stereocenters. The number of nitrogens with zero attached hydrogens (tertiary/aromatic N) is 2. The van der Waals surface area contributed by atoms with Crippen LogP contribution in [-0.4, -0.2) is 22.4 Å². The Morgan fingerprint density at radius 1 is 1.13 bits per heavy atom. The van der Waals surface area contributed by atoms with Crippen LogP contribution in [-0.2, 0) is 7.05 Å². The zero-order valence-electron chi connectivity index (χ0n) is 12.5. The smallest absolute Gasteiger partial charge is 0.339 e. The number of benzene rings is 2. The van der Waals surface area contributed by atoms with E-state index in [2.05, 4.69) is 4.99 Å². The van der Waals surface area contributed by atoms with E-state index in [4.69, 9.17) is 5.11 Å². The van der Waals surface area contributed by atoms with Gasteiger partial charge in [0, 0.05) is 23.6 Å². The molecule has 0 radical (unpaired) electrons. The standard InChI is InChI=1S/C18H14N2O3/c1-20-14(8-6-12-4-2-3-5-16(12)20)11-19-13-7-9-15(18(22)23)17(21)10-13/h2-11H,1H3,(H-,21,22,23)/p+1. The van der Waals surface area contributed by atoms with Crippen LogP contribution in [0.25, 0.3) is 10.9 Å². The lowest BCUT2D eigenvalue weighted by atomic mass is 10.2. The number of carboxylic acids is 1. The minimum Gasteiger partial charge on any atom is -0.507 e. The number of rotatable bonds is 3. The molecular weight excluding hydrogens is 292 g/mol. The minimum absolute atomic E-state index is 0.139. The zero-order valence-corrected chi connectivity index (χ0v) is 12.5. The molecule has 5 heteroatoms. The molecular formula is C18H15N2O3+. The summed E-state index contributed by atoms with van der Waals surface area (Å²) >= 11 is 0. The van der Waals surface area contributed by atoms with E-state index < -0.39 is 5.97 Å². The molecule has 0 atom stereocenters. The van der Waals surface area contributed by atoms with Crippen LogP contribution in [0.2, 0.25) is 0 Å². The quantitative estimate of drug-likeness (QED) is 0.577. The molecule has 23 heavy (non-hydrogen) atoms. The van der Waals surface area contributed by atoms with Crippen LogP contribution in [0.4, 0.5) is 5.69 Å². The first-order valence-electron chi connectivity index (χ1n) is 7.04. The van der Waals surface area contributed by atoms with Gasteiger partial charge in [0.05, 0.1) is 11.9 Å². The zero-order chi connectivity index (χ0) is 16.4. The summed E-state index contributed by atoms with van der Waals surface area (Å²) in [5.41, 5.74) is 2.33. The van der Waals surface area contributed by atoms with Gasteiger partial charge >= 0.3 is 5.97 Å². The van der Waals surface area contributed by atoms with E-state index in [1.54, 1.807) is 12.3 Å². The Balaban J connectivity index is 1.95. The van der Waals surface area contributed by atoms with Crippen LogP contribution >= 0.6 is 0 Å². The van der Waals surface area contributed by atoms with E-state index in [1.807, 2.05) is 48.0 Å². The largest absolute Gasteiger partial charge is 0.507 e. The number of fused-ring (bicyclic) bond motifs is 1. The second-order valence-electron chi connectivity index (χ2n) is 5.14. The molecule has 0 spiro atoms. The predicted molar refractivity (Wildman–Crippen MR) is 87.4 cm³/mol. The van der Waals surface area contributed by atoms with Gasteiger partial charge in [-0.1, -0.05) is 12.1 Å². The van der Waals surface area contributed by atoms with E-state index in [9.17, 15) is 9.90 Å². The lowest BCUT2D eigenvalue weighted by Gasteiger charge is -2.01. The summed E-state index contributed by atoms with van der Waals surface area (Å²) in [6.07, 6.45) is 1.68. The highest BCUT2D eigenvalue weighted by molar-refractivity contribution is 5.91. The summed E-state index contributed by atoms with van der Waals surface area (Å²) in [4.78, 5) is 15.2. The molecule has 2 N–H and O–H groups in total. The van der Waals surface area contributed by atoms with E-state index in [1.165, 1.54) is 12.1 Å². The summed E-state index contributed by atoms with van der Waals surface area (Å²) in [7, 11) is 1.95. The number of aliphatic imine (C=N–C) groups is 1. The van der Waals surface area contributed by atoms with Crippen molar-refractivity contribution >= 4 is 28.8 Å². The van der Waals surface area contributed by atoms with Crippen molar-refractivity contribution < 1.29 is 19.6 Å². The normalized spacial score (nSPS) is 11.2. The molecule has 0 saturated carbocycles. The monoisotopic (exact) mass is 307 g/mol. The van der Waals surface area contributed by atoms with Crippen molar-refractivity contribution in [3.05, 3.63) is 65.9 Å². The van der Waals surface area contributed by atoms with Gasteiger partial charge in [0.2, 0.25) is 11.2 Å². The number of carbonyl (C=O) groups is 1. The van der Waals surface area contributed by atoms with E-state index in [-0.39, 0.29) is 11.3 Å². The predicted octanol–water partition coefficient (Wildman–Crippen LogP) is 2.82. The van der Waals surface area contributed by atoms with Crippen molar-refractivity contribution in [1.29, 1.82) is 0 Å². The Bertz CT molecular complexity index is 933. The van der Waals surface area contributed by atoms with E-state index >= 15 is 0 Å². The average Bonchev–Trinajstić information content (AvgIpc) is 2.54. The Morgan fingerprint density at radius 2 is 1.91 bits per heavy atom. The van der Waals surface area contributed by atoms with Crippen molar-refractivity contribution in [2.24, 2.45) is 12.0 Å². The van der Waals surface area contributed by atoms with Gasteiger partial charge in [-0.25, -0.2) is 9.79 Å². The van der Waals surface area contributed by atoms with Crippen LogP contribution in [0.5, 0.6) is 5.75 Å². The lowest BCUT2D eigenvalue weighted by molar-refractivity contribution is -0.645. The summed E-state index contributed by atoms with van der Waals surface area (Å²) in [6.45, 7) is 0. The molecule has 0 aliphatic rings. The number of pyridine rings is 1. The molecule has 0 bridgehead atoms. The Morgan fingerprint density at radius 3 is 2.65 bits per heavy atom. The fraction of sp³-hybridized carbons (Fsp3) is 0.0556. The second kappa shape index (κ2) is 5.88. The van der Waals surface area contributed by atoms with Crippen molar-refractivity contribution in [2.45, 2.75) is 0 Å². The molecule has 0 aliphatic heterocycles. The molecule has 1 heterocycles. The van der Waals surface area contributed by atoms with E-state index in [0.29, 0.717) is 5.69 Å². The van der Waals surface area contributed by atoms with Crippen LogP contribution < -0.4 is 4.57 Å². The maximum Gasteiger partial charge on any atom is 0.339 e. The Labute approximate surface area is 132 Å². The van der Waals surface area contributed by atoms with Crippen molar-refractivity contribution in [3.8, 4) is 5.75 Å². The number of hydrogen-bond acceptors (Lipinski definition) is 3. The van der Waals surface area contributed by atoms with Gasteiger partial charge in [0.1, 0.15) is 18.4 Å². The third-order valence-electron chi connectivity index (χ3n) is 3.68. The molecule has 0 amide bonds. The highest BCUT2D eigenvalue weighted by Gasteiger charge is 2.11. The Hall–Kier alpha value is -3.21. The molecule has 1 aromatic heterocycles. The van der Waals surface area contributed by atoms with Crippen LogP contribution in [0, 0.1) is 0 Å². The number of aromatic carboxylic acids is 1. The van der Waals surface area contributed by atoms with Gasteiger partial charge in [-0.3, -0.25) is 0 Å². The summed E-state index contributed by atoms with van der Waals surface area (Å²) < 4.78 is 2.02. The molecule has 0 aliphatic carbocycles. The molecule has 114 valence electrons. The number of para-hydroxylation sites is 1. The molecule has 0 fully saturated rings. The van der Waals surface area contributed by atoms with Gasteiger partial charge < -0.3 is 10.2 Å². The maximum atomic E-state index is 10.9. The van der Waals surface area contributed by atoms with Crippen LogP contribution in [0.3, 0.4) is 0 Å². The molecule has 3 rings (SSSR count). The highest BCUT2D eigenvalue weighted by atomic mass is 16.4. The van der Waals surface area contributed by atoms with Crippen molar-refractivity contribution in [2.75, 3.05) is 0 Å². The minimum atomic E-state index is -1.17. The first kappa shape index (κ1) is 14.7. The Kier molecular flexibility index (Phi) is 3.76. The van der Waals surface area contributed by atoms with Gasteiger partial charge in [0.15, 0.2) is 0 Å². The fourth-order valence-electron chi connectivity index (χ4n) is 2.41. The molecule has 3 aromatic rings. The molecule has 2 aromatic carbocycles. The van der Waals surface area contributed by atoms with Crippen molar-refractivity contribution in [3.63, 3.8) is 0 Å². The molecule has 0 saturated heterocycles.